The third-order valence-electron chi connectivity index (χ3n) is 4.80. The largest absolute Gasteiger partial charge is 0.319 e. The molecule has 1 N–H and O–H groups in total. The van der Waals surface area contributed by atoms with E-state index in [0.29, 0.717) is 16.5 Å². The number of nitrogens with zero attached hydrogens (tertiary/aromatic N) is 3. The number of halogens is 2. The molecular formula is C23H18ClFN4O. The van der Waals surface area contributed by atoms with Gasteiger partial charge < -0.3 is 5.32 Å². The van der Waals surface area contributed by atoms with Crippen LogP contribution in [-0.2, 0) is 0 Å². The van der Waals surface area contributed by atoms with Gasteiger partial charge in [-0.15, -0.1) is 5.10 Å². The highest BCUT2D eigenvalue weighted by atomic mass is 35.5. The predicted octanol–water partition coefficient (Wildman–Crippen LogP) is 5.60. The van der Waals surface area contributed by atoms with Crippen LogP contribution in [0.1, 0.15) is 21.7 Å². The lowest BCUT2D eigenvalue weighted by molar-refractivity contribution is 0.101. The molecule has 0 unspecified atom stereocenters. The highest BCUT2D eigenvalue weighted by Crippen LogP contribution is 2.26. The molecule has 7 heteroatoms. The van der Waals surface area contributed by atoms with Crippen LogP contribution in [0.2, 0.25) is 5.02 Å². The first-order valence-corrected chi connectivity index (χ1v) is 9.66. The van der Waals surface area contributed by atoms with Gasteiger partial charge >= 0.3 is 0 Å². The fraction of sp³-hybridized carbons (Fsp3) is 0.0870. The van der Waals surface area contributed by atoms with Crippen LogP contribution < -0.4 is 5.32 Å². The molecule has 0 atom stereocenters. The van der Waals surface area contributed by atoms with E-state index in [1.54, 1.807) is 16.8 Å². The average Bonchev–Trinajstić information content (AvgIpc) is 3.17. The molecule has 0 aliphatic rings. The first-order valence-electron chi connectivity index (χ1n) is 9.29. The molecule has 0 fully saturated rings. The van der Waals surface area contributed by atoms with Crippen molar-refractivity contribution >= 4 is 23.2 Å². The van der Waals surface area contributed by atoms with Crippen LogP contribution in [0.3, 0.4) is 0 Å². The van der Waals surface area contributed by atoms with E-state index >= 15 is 0 Å². The highest BCUT2D eigenvalue weighted by molar-refractivity contribution is 6.30. The number of amides is 1. The Morgan fingerprint density at radius 3 is 2.50 bits per heavy atom. The topological polar surface area (TPSA) is 59.8 Å². The monoisotopic (exact) mass is 420 g/mol. The molecule has 0 saturated heterocycles. The number of benzene rings is 3. The molecule has 4 aromatic rings. The zero-order valence-corrected chi connectivity index (χ0v) is 17.1. The quantitative estimate of drug-likeness (QED) is 0.467. The molecule has 0 spiro atoms. The van der Waals surface area contributed by atoms with Gasteiger partial charge in [0.15, 0.2) is 5.82 Å². The van der Waals surface area contributed by atoms with E-state index in [2.05, 4.69) is 15.4 Å². The number of hydrogen-bond donors (Lipinski definition) is 1. The SMILES string of the molecule is Cc1cccc(-n2nc(C(=O)Nc3ccc(F)cc3)nc2-c2cccc(Cl)c2)c1C. The second kappa shape index (κ2) is 8.08. The van der Waals surface area contributed by atoms with Crippen molar-refractivity contribution in [1.82, 2.24) is 14.8 Å². The Hall–Kier alpha value is -3.51. The van der Waals surface area contributed by atoms with Crippen molar-refractivity contribution in [2.75, 3.05) is 5.32 Å². The minimum atomic E-state index is -0.492. The lowest BCUT2D eigenvalue weighted by atomic mass is 10.1. The van der Waals surface area contributed by atoms with Gasteiger partial charge in [0.05, 0.1) is 5.69 Å². The maximum atomic E-state index is 13.1. The van der Waals surface area contributed by atoms with E-state index in [1.165, 1.54) is 24.3 Å². The van der Waals surface area contributed by atoms with Gasteiger partial charge in [0.2, 0.25) is 5.82 Å². The molecule has 0 radical (unpaired) electrons. The Kier molecular flexibility index (Phi) is 5.33. The van der Waals surface area contributed by atoms with Crippen molar-refractivity contribution in [2.45, 2.75) is 13.8 Å². The van der Waals surface area contributed by atoms with Gasteiger partial charge in [-0.1, -0.05) is 35.9 Å². The maximum absolute atomic E-state index is 13.1. The molecule has 1 amide bonds. The summed E-state index contributed by atoms with van der Waals surface area (Å²) in [4.78, 5) is 17.3. The van der Waals surface area contributed by atoms with Crippen molar-refractivity contribution < 1.29 is 9.18 Å². The Bertz CT molecular complexity index is 1230. The molecule has 0 bridgehead atoms. The normalized spacial score (nSPS) is 10.8. The molecular weight excluding hydrogens is 403 g/mol. The van der Waals surface area contributed by atoms with Crippen LogP contribution in [0.15, 0.2) is 66.7 Å². The number of nitrogens with one attached hydrogen (secondary N) is 1. The van der Waals surface area contributed by atoms with Crippen molar-refractivity contribution in [3.05, 3.63) is 94.5 Å². The lowest BCUT2D eigenvalue weighted by Gasteiger charge is -2.11. The van der Waals surface area contributed by atoms with Crippen molar-refractivity contribution in [2.24, 2.45) is 0 Å². The second-order valence-corrected chi connectivity index (χ2v) is 7.30. The summed E-state index contributed by atoms with van der Waals surface area (Å²) in [6.45, 7) is 4.00. The Balaban J connectivity index is 1.80. The number of carbonyl (C=O) groups excluding carboxylic acids is 1. The third-order valence-corrected chi connectivity index (χ3v) is 5.03. The maximum Gasteiger partial charge on any atom is 0.295 e. The summed E-state index contributed by atoms with van der Waals surface area (Å²) in [7, 11) is 0. The summed E-state index contributed by atoms with van der Waals surface area (Å²) in [5.41, 5.74) is 4.12. The zero-order valence-electron chi connectivity index (χ0n) is 16.4. The smallest absolute Gasteiger partial charge is 0.295 e. The summed E-state index contributed by atoms with van der Waals surface area (Å²) in [5.74, 6) is -0.381. The predicted molar refractivity (Wildman–Crippen MR) is 116 cm³/mol. The van der Waals surface area contributed by atoms with Crippen molar-refractivity contribution in [3.63, 3.8) is 0 Å². The Morgan fingerprint density at radius 2 is 1.77 bits per heavy atom. The molecule has 0 aliphatic heterocycles. The van der Waals surface area contributed by atoms with Crippen molar-refractivity contribution in [1.29, 1.82) is 0 Å². The number of hydrogen-bond acceptors (Lipinski definition) is 3. The van der Waals surface area contributed by atoms with Gasteiger partial charge in [-0.3, -0.25) is 4.79 Å². The van der Waals surface area contributed by atoms with Crippen LogP contribution in [0.4, 0.5) is 10.1 Å². The molecule has 150 valence electrons. The summed E-state index contributed by atoms with van der Waals surface area (Å²) in [6, 6.07) is 18.6. The minimum absolute atomic E-state index is 0.00444. The average molecular weight is 421 g/mol. The molecule has 4 rings (SSSR count). The molecule has 5 nitrogen and oxygen atoms in total. The van der Waals surface area contributed by atoms with E-state index in [1.807, 2.05) is 44.2 Å². The number of anilines is 1. The highest BCUT2D eigenvalue weighted by Gasteiger charge is 2.20. The molecule has 3 aromatic carbocycles. The number of rotatable bonds is 4. The van der Waals surface area contributed by atoms with Crippen LogP contribution in [0, 0.1) is 19.7 Å². The van der Waals surface area contributed by atoms with E-state index in [4.69, 9.17) is 11.6 Å². The molecule has 1 heterocycles. The fourth-order valence-electron chi connectivity index (χ4n) is 3.08. The van der Waals surface area contributed by atoms with Crippen LogP contribution in [-0.4, -0.2) is 20.7 Å². The van der Waals surface area contributed by atoms with Crippen LogP contribution >= 0.6 is 11.6 Å². The summed E-state index contributed by atoms with van der Waals surface area (Å²) in [6.07, 6.45) is 0. The van der Waals surface area contributed by atoms with E-state index < -0.39 is 5.91 Å². The van der Waals surface area contributed by atoms with E-state index in [9.17, 15) is 9.18 Å². The molecule has 1 aromatic heterocycles. The van der Waals surface area contributed by atoms with E-state index in [0.717, 1.165) is 22.4 Å². The second-order valence-electron chi connectivity index (χ2n) is 6.86. The number of aromatic nitrogens is 3. The number of aryl methyl sites for hydroxylation is 1. The summed E-state index contributed by atoms with van der Waals surface area (Å²) < 4.78 is 14.8. The number of carbonyl (C=O) groups is 1. The standard InChI is InChI=1S/C23H18ClFN4O/c1-14-5-3-8-20(15(14)2)29-22(16-6-4-7-17(24)13-16)27-21(28-29)23(30)26-19-11-9-18(25)10-12-19/h3-13H,1-2H3,(H,26,30). The van der Waals surface area contributed by atoms with Gasteiger partial charge in [0.25, 0.3) is 5.91 Å². The first kappa shape index (κ1) is 19.8. The molecule has 0 saturated carbocycles. The van der Waals surface area contributed by atoms with Crippen molar-refractivity contribution in [3.8, 4) is 17.1 Å². The third kappa shape index (κ3) is 3.95. The Labute approximate surface area is 178 Å². The molecule has 0 aliphatic carbocycles. The zero-order chi connectivity index (χ0) is 21.3. The van der Waals surface area contributed by atoms with Gasteiger partial charge in [0.1, 0.15) is 5.82 Å². The Morgan fingerprint density at radius 1 is 1.03 bits per heavy atom. The van der Waals surface area contributed by atoms with Crippen LogP contribution in [0.25, 0.3) is 17.1 Å². The molecule has 30 heavy (non-hydrogen) atoms. The summed E-state index contributed by atoms with van der Waals surface area (Å²) >= 11 is 6.17. The first-order chi connectivity index (χ1) is 14.4. The van der Waals surface area contributed by atoms with Gasteiger partial charge in [-0.05, 0) is 67.4 Å². The lowest BCUT2D eigenvalue weighted by Crippen LogP contribution is -2.14. The summed E-state index contributed by atoms with van der Waals surface area (Å²) in [5, 5.41) is 7.73. The van der Waals surface area contributed by atoms with Crippen LogP contribution in [0.5, 0.6) is 0 Å². The van der Waals surface area contributed by atoms with E-state index in [-0.39, 0.29) is 11.6 Å². The fourth-order valence-corrected chi connectivity index (χ4v) is 3.27. The van der Waals surface area contributed by atoms with Gasteiger partial charge in [-0.25, -0.2) is 14.1 Å². The van der Waals surface area contributed by atoms with Gasteiger partial charge in [0, 0.05) is 16.3 Å². The minimum Gasteiger partial charge on any atom is -0.319 e. The van der Waals surface area contributed by atoms with Gasteiger partial charge in [-0.2, -0.15) is 0 Å².